The third kappa shape index (κ3) is 1.12. The number of fused-ring (bicyclic) bond motifs is 2. The monoisotopic (exact) mass is 280 g/mol. The smallest absolute Gasteiger partial charge is 0.229 e. The molecular formula is C11H14Cl2O4. The van der Waals surface area contributed by atoms with Crippen molar-refractivity contribution in [1.82, 2.24) is 0 Å². The summed E-state index contributed by atoms with van der Waals surface area (Å²) in [6.07, 6.45) is 3.41. The Hall–Kier alpha value is -0.420. The summed E-state index contributed by atoms with van der Waals surface area (Å²) in [5, 5.41) is 0. The first-order valence-electron chi connectivity index (χ1n) is 4.99. The molecule has 6 heteroatoms. The minimum absolute atomic E-state index is 0.405. The van der Waals surface area contributed by atoms with E-state index in [-0.39, 0.29) is 0 Å². The zero-order valence-electron chi connectivity index (χ0n) is 10.0. The molecule has 4 nitrogen and oxygen atoms in total. The maximum atomic E-state index is 6.57. The van der Waals surface area contributed by atoms with Crippen LogP contribution in [0.5, 0.6) is 0 Å². The number of ether oxygens (including phenoxy) is 4. The largest absolute Gasteiger partial charge is 0.495 e. The van der Waals surface area contributed by atoms with E-state index in [1.807, 2.05) is 0 Å². The molecule has 2 unspecified atom stereocenters. The molecule has 0 aromatic heterocycles. The molecule has 0 heterocycles. The summed E-state index contributed by atoms with van der Waals surface area (Å²) in [5.41, 5.74) is 0. The Morgan fingerprint density at radius 1 is 0.824 bits per heavy atom. The Kier molecular flexibility index (Phi) is 2.90. The molecule has 17 heavy (non-hydrogen) atoms. The van der Waals surface area contributed by atoms with Crippen LogP contribution in [0.4, 0.5) is 0 Å². The van der Waals surface area contributed by atoms with Crippen LogP contribution in [0, 0.1) is 0 Å². The molecule has 2 bridgehead atoms. The highest BCUT2D eigenvalue weighted by Gasteiger charge is 2.77. The van der Waals surface area contributed by atoms with Gasteiger partial charge < -0.3 is 18.9 Å². The predicted octanol–water partition coefficient (Wildman–Crippen LogP) is 2.02. The average molecular weight is 281 g/mol. The quantitative estimate of drug-likeness (QED) is 0.449. The first kappa shape index (κ1) is 13.0. The second-order valence-corrected chi connectivity index (χ2v) is 5.04. The Labute approximate surface area is 110 Å². The van der Waals surface area contributed by atoms with E-state index in [4.69, 9.17) is 42.1 Å². The maximum Gasteiger partial charge on any atom is 0.229 e. The van der Waals surface area contributed by atoms with Gasteiger partial charge in [-0.2, -0.15) is 0 Å². The van der Waals surface area contributed by atoms with Crippen LogP contribution in [0.3, 0.4) is 0 Å². The van der Waals surface area contributed by atoms with Crippen molar-refractivity contribution >= 4 is 23.2 Å². The highest BCUT2D eigenvalue weighted by molar-refractivity contribution is 6.36. The minimum Gasteiger partial charge on any atom is -0.495 e. The molecule has 0 amide bonds. The van der Waals surface area contributed by atoms with E-state index in [9.17, 15) is 0 Å². The molecule has 0 aliphatic heterocycles. The lowest BCUT2D eigenvalue weighted by molar-refractivity contribution is -0.218. The summed E-state index contributed by atoms with van der Waals surface area (Å²) in [7, 11) is 5.97. The highest BCUT2D eigenvalue weighted by atomic mass is 35.5. The van der Waals surface area contributed by atoms with Crippen molar-refractivity contribution in [3.8, 4) is 0 Å². The number of hydrogen-bond donors (Lipinski definition) is 0. The van der Waals surface area contributed by atoms with Gasteiger partial charge in [0, 0.05) is 14.2 Å². The van der Waals surface area contributed by atoms with E-state index in [1.165, 1.54) is 28.4 Å². The molecule has 2 aliphatic rings. The highest BCUT2D eigenvalue weighted by Crippen LogP contribution is 2.64. The van der Waals surface area contributed by atoms with Crippen molar-refractivity contribution in [3.05, 3.63) is 23.7 Å². The first-order chi connectivity index (χ1) is 7.97. The van der Waals surface area contributed by atoms with Crippen LogP contribution < -0.4 is 0 Å². The molecule has 0 spiro atoms. The first-order valence-corrected chi connectivity index (χ1v) is 5.74. The van der Waals surface area contributed by atoms with E-state index in [2.05, 4.69) is 0 Å². The van der Waals surface area contributed by atoms with Crippen molar-refractivity contribution < 1.29 is 18.9 Å². The van der Waals surface area contributed by atoms with Gasteiger partial charge in [-0.1, -0.05) is 35.4 Å². The van der Waals surface area contributed by atoms with Gasteiger partial charge in [-0.3, -0.25) is 0 Å². The fourth-order valence-corrected chi connectivity index (χ4v) is 3.76. The fraction of sp³-hybridized carbons (Fsp3) is 0.636. The van der Waals surface area contributed by atoms with Crippen LogP contribution in [0.15, 0.2) is 23.7 Å². The summed E-state index contributed by atoms with van der Waals surface area (Å²) < 4.78 is 21.5. The van der Waals surface area contributed by atoms with E-state index in [0.717, 1.165) is 0 Å². The summed E-state index contributed by atoms with van der Waals surface area (Å²) in [6.45, 7) is 0. The lowest BCUT2D eigenvalue weighted by Crippen LogP contribution is -2.57. The van der Waals surface area contributed by atoms with Crippen LogP contribution in [0.2, 0.25) is 0 Å². The van der Waals surface area contributed by atoms with Crippen molar-refractivity contribution in [2.24, 2.45) is 0 Å². The minimum atomic E-state index is -1.28. The van der Waals surface area contributed by atoms with Gasteiger partial charge in [0.15, 0.2) is 21.3 Å². The van der Waals surface area contributed by atoms with Gasteiger partial charge >= 0.3 is 0 Å². The molecule has 0 radical (unpaired) electrons. The standard InChI is InChI=1S/C11H14Cl2O4/c1-14-7-8(15-2)10(13)6-5-9(7,12)11(10,16-3)17-4/h5-6H,1-4H3. The van der Waals surface area contributed by atoms with E-state index in [0.29, 0.717) is 11.5 Å². The molecule has 96 valence electrons. The average Bonchev–Trinajstić information content (AvgIpc) is 2.65. The number of methoxy groups -OCH3 is 4. The van der Waals surface area contributed by atoms with Crippen LogP contribution in [-0.4, -0.2) is 44.0 Å². The van der Waals surface area contributed by atoms with Crippen molar-refractivity contribution in [2.75, 3.05) is 28.4 Å². The maximum absolute atomic E-state index is 6.57. The zero-order chi connectivity index (χ0) is 12.9. The van der Waals surface area contributed by atoms with Crippen LogP contribution in [0.25, 0.3) is 0 Å². The van der Waals surface area contributed by atoms with Gasteiger partial charge in [-0.15, -0.1) is 0 Å². The van der Waals surface area contributed by atoms with Gasteiger partial charge in [-0.25, -0.2) is 0 Å². The Balaban J connectivity index is 2.68. The van der Waals surface area contributed by atoms with Crippen LogP contribution in [-0.2, 0) is 18.9 Å². The Morgan fingerprint density at radius 3 is 1.41 bits per heavy atom. The molecule has 2 atom stereocenters. The van der Waals surface area contributed by atoms with Gasteiger partial charge in [0.25, 0.3) is 0 Å². The zero-order valence-corrected chi connectivity index (χ0v) is 11.6. The molecule has 2 rings (SSSR count). The molecule has 0 N–H and O–H groups in total. The molecular weight excluding hydrogens is 267 g/mol. The van der Waals surface area contributed by atoms with Gasteiger partial charge in [0.05, 0.1) is 14.2 Å². The number of halogens is 2. The second-order valence-electron chi connectivity index (χ2n) is 3.85. The molecule has 2 aliphatic carbocycles. The lowest BCUT2D eigenvalue weighted by Gasteiger charge is -2.39. The molecule has 0 saturated carbocycles. The number of rotatable bonds is 4. The summed E-state index contributed by atoms with van der Waals surface area (Å²) >= 11 is 13.1. The molecule has 0 saturated heterocycles. The molecule has 0 fully saturated rings. The predicted molar refractivity (Wildman–Crippen MR) is 64.1 cm³/mol. The third-order valence-corrected chi connectivity index (χ3v) is 4.44. The fourth-order valence-electron chi connectivity index (χ4n) is 2.65. The topological polar surface area (TPSA) is 36.9 Å². The normalized spacial score (nSPS) is 37.8. The van der Waals surface area contributed by atoms with Crippen LogP contribution in [0.1, 0.15) is 0 Å². The van der Waals surface area contributed by atoms with Crippen molar-refractivity contribution in [1.29, 1.82) is 0 Å². The Morgan fingerprint density at radius 2 is 1.18 bits per heavy atom. The number of alkyl halides is 2. The SMILES string of the molecule is COC1=C(OC)C2(Cl)C=CC1(Cl)C2(OC)OC. The summed E-state index contributed by atoms with van der Waals surface area (Å²) in [4.78, 5) is -2.25. The summed E-state index contributed by atoms with van der Waals surface area (Å²) in [6, 6.07) is 0. The van der Waals surface area contributed by atoms with Gasteiger partial charge in [-0.05, 0) is 0 Å². The summed E-state index contributed by atoms with van der Waals surface area (Å²) in [5.74, 6) is -0.467. The van der Waals surface area contributed by atoms with E-state index < -0.39 is 15.5 Å². The lowest BCUT2D eigenvalue weighted by atomic mass is 10.00. The van der Waals surface area contributed by atoms with E-state index >= 15 is 0 Å². The molecule has 0 aromatic carbocycles. The second kappa shape index (κ2) is 3.79. The van der Waals surface area contributed by atoms with Gasteiger partial charge in [0.2, 0.25) is 5.79 Å². The van der Waals surface area contributed by atoms with Crippen molar-refractivity contribution in [3.63, 3.8) is 0 Å². The van der Waals surface area contributed by atoms with Crippen molar-refractivity contribution in [2.45, 2.75) is 15.5 Å². The Bertz CT molecular complexity index is 370. The number of hydrogen-bond acceptors (Lipinski definition) is 4. The van der Waals surface area contributed by atoms with E-state index in [1.54, 1.807) is 12.2 Å². The third-order valence-electron chi connectivity index (χ3n) is 3.35. The molecule has 0 aromatic rings. The van der Waals surface area contributed by atoms with Crippen LogP contribution >= 0.6 is 23.2 Å². The van der Waals surface area contributed by atoms with Gasteiger partial charge in [0.1, 0.15) is 0 Å².